The van der Waals surface area contributed by atoms with E-state index in [0.717, 1.165) is 25.9 Å². The second-order valence-corrected chi connectivity index (χ2v) is 9.05. The number of nitrogens with zero attached hydrogens (tertiary/aromatic N) is 1. The number of hydrogen-bond donors (Lipinski definition) is 3. The highest BCUT2D eigenvalue weighted by molar-refractivity contribution is 5.84. The number of amides is 2. The van der Waals surface area contributed by atoms with Crippen LogP contribution in [-0.4, -0.2) is 60.7 Å². The van der Waals surface area contributed by atoms with Crippen molar-refractivity contribution in [3.8, 4) is 5.75 Å². The Labute approximate surface area is 190 Å². The zero-order valence-corrected chi connectivity index (χ0v) is 19.6. The van der Waals surface area contributed by atoms with E-state index in [2.05, 4.69) is 35.6 Å². The predicted octanol–water partition coefficient (Wildman–Crippen LogP) is 3.15. The van der Waals surface area contributed by atoms with Crippen LogP contribution < -0.4 is 15.4 Å². The van der Waals surface area contributed by atoms with Crippen molar-refractivity contribution in [1.29, 1.82) is 0 Å². The number of carbonyl (C=O) groups is 3. The van der Waals surface area contributed by atoms with Crippen molar-refractivity contribution in [2.24, 2.45) is 5.92 Å². The topological polar surface area (TPSA) is 108 Å². The van der Waals surface area contributed by atoms with Crippen LogP contribution in [-0.2, 0) is 15.0 Å². The SMILES string of the molecule is CCC1(c2cccc(OC(=O)NCCC(=O)NC(C(=O)O)C(C)C)c2)CCCCN(C)C1. The molecule has 3 N–H and O–H groups in total. The Bertz CT molecular complexity index is 798. The van der Waals surface area contributed by atoms with E-state index in [9.17, 15) is 14.4 Å². The summed E-state index contributed by atoms with van der Waals surface area (Å²) in [5, 5.41) is 14.2. The maximum absolute atomic E-state index is 12.2. The molecule has 1 heterocycles. The number of benzene rings is 1. The molecule has 1 aromatic carbocycles. The van der Waals surface area contributed by atoms with E-state index >= 15 is 0 Å². The molecular formula is C24H37N3O5. The number of rotatable bonds is 9. The molecule has 0 saturated carbocycles. The van der Waals surface area contributed by atoms with Crippen molar-refractivity contribution in [3.63, 3.8) is 0 Å². The highest BCUT2D eigenvalue weighted by Crippen LogP contribution is 2.37. The summed E-state index contributed by atoms with van der Waals surface area (Å²) in [5.74, 6) is -1.28. The minimum atomic E-state index is -1.08. The zero-order valence-electron chi connectivity index (χ0n) is 19.6. The number of carbonyl (C=O) groups excluding carboxylic acids is 2. The number of hydrogen-bond acceptors (Lipinski definition) is 5. The van der Waals surface area contributed by atoms with Crippen LogP contribution in [0, 0.1) is 5.92 Å². The second-order valence-electron chi connectivity index (χ2n) is 9.05. The van der Waals surface area contributed by atoms with Crippen molar-refractivity contribution < 1.29 is 24.2 Å². The number of carboxylic acid groups (broad SMARTS) is 1. The molecule has 0 bridgehead atoms. The van der Waals surface area contributed by atoms with Gasteiger partial charge in [-0.15, -0.1) is 0 Å². The van der Waals surface area contributed by atoms with Crippen LogP contribution in [0.5, 0.6) is 5.75 Å². The van der Waals surface area contributed by atoms with Gasteiger partial charge in [0.2, 0.25) is 5.91 Å². The molecule has 1 fully saturated rings. The van der Waals surface area contributed by atoms with E-state index in [-0.39, 0.29) is 24.3 Å². The van der Waals surface area contributed by atoms with E-state index in [1.165, 1.54) is 18.4 Å². The van der Waals surface area contributed by atoms with Crippen LogP contribution in [0.3, 0.4) is 0 Å². The van der Waals surface area contributed by atoms with Crippen LogP contribution in [0.15, 0.2) is 24.3 Å². The molecule has 1 aliphatic rings. The first-order valence-corrected chi connectivity index (χ1v) is 11.4. The Kier molecular flexibility index (Phi) is 9.50. The molecule has 1 aromatic rings. The van der Waals surface area contributed by atoms with Gasteiger partial charge in [0.15, 0.2) is 0 Å². The third kappa shape index (κ3) is 7.22. The molecule has 32 heavy (non-hydrogen) atoms. The van der Waals surface area contributed by atoms with E-state index in [1.807, 2.05) is 12.1 Å². The number of aliphatic carboxylic acids is 1. The third-order valence-corrected chi connectivity index (χ3v) is 6.22. The lowest BCUT2D eigenvalue weighted by Gasteiger charge is -2.35. The van der Waals surface area contributed by atoms with Crippen molar-refractivity contribution in [1.82, 2.24) is 15.5 Å². The van der Waals surface area contributed by atoms with E-state index in [1.54, 1.807) is 19.9 Å². The second kappa shape index (κ2) is 11.9. The Morgan fingerprint density at radius 1 is 1.25 bits per heavy atom. The molecule has 2 amide bonds. The highest BCUT2D eigenvalue weighted by atomic mass is 16.6. The Hall–Kier alpha value is -2.61. The van der Waals surface area contributed by atoms with Gasteiger partial charge < -0.3 is 25.4 Å². The van der Waals surface area contributed by atoms with Crippen LogP contribution in [0.4, 0.5) is 4.79 Å². The first kappa shape index (κ1) is 25.6. The summed E-state index contributed by atoms with van der Waals surface area (Å²) in [5.41, 5.74) is 1.21. The van der Waals surface area contributed by atoms with Crippen molar-refractivity contribution >= 4 is 18.0 Å². The van der Waals surface area contributed by atoms with Crippen LogP contribution >= 0.6 is 0 Å². The van der Waals surface area contributed by atoms with Crippen LogP contribution in [0.1, 0.15) is 58.4 Å². The molecule has 1 saturated heterocycles. The number of nitrogens with one attached hydrogen (secondary N) is 2. The number of likely N-dealkylation sites (N-methyl/N-ethyl adjacent to an activating group) is 1. The zero-order chi connectivity index (χ0) is 23.7. The quantitative estimate of drug-likeness (QED) is 0.537. The molecule has 0 radical (unpaired) electrons. The molecule has 1 aliphatic heterocycles. The molecule has 0 aliphatic carbocycles. The van der Waals surface area contributed by atoms with Gasteiger partial charge >= 0.3 is 12.1 Å². The van der Waals surface area contributed by atoms with Gasteiger partial charge in [-0.3, -0.25) is 4.79 Å². The van der Waals surface area contributed by atoms with E-state index < -0.39 is 24.0 Å². The summed E-state index contributed by atoms with van der Waals surface area (Å²) in [6.45, 7) is 7.77. The maximum atomic E-state index is 12.2. The number of carboxylic acids is 1. The lowest BCUT2D eigenvalue weighted by Crippen LogP contribution is -2.45. The lowest BCUT2D eigenvalue weighted by atomic mass is 9.74. The molecule has 2 atom stereocenters. The molecule has 8 nitrogen and oxygen atoms in total. The number of ether oxygens (including phenoxy) is 1. The molecule has 0 aromatic heterocycles. The van der Waals surface area contributed by atoms with Gasteiger partial charge in [0.25, 0.3) is 0 Å². The number of likely N-dealkylation sites (tertiary alicyclic amines) is 1. The Morgan fingerprint density at radius 2 is 2.00 bits per heavy atom. The third-order valence-electron chi connectivity index (χ3n) is 6.22. The maximum Gasteiger partial charge on any atom is 0.412 e. The summed E-state index contributed by atoms with van der Waals surface area (Å²) in [6, 6.07) is 6.75. The van der Waals surface area contributed by atoms with Gasteiger partial charge in [-0.05, 0) is 56.5 Å². The summed E-state index contributed by atoms with van der Waals surface area (Å²) in [6.07, 6.45) is 3.80. The Morgan fingerprint density at radius 3 is 2.66 bits per heavy atom. The normalized spacial score (nSPS) is 20.3. The molecule has 0 spiro atoms. The minimum Gasteiger partial charge on any atom is -0.480 e. The van der Waals surface area contributed by atoms with Crippen molar-refractivity contribution in [2.45, 2.75) is 64.3 Å². The van der Waals surface area contributed by atoms with Crippen molar-refractivity contribution in [3.05, 3.63) is 29.8 Å². The summed E-state index contributed by atoms with van der Waals surface area (Å²) in [4.78, 5) is 37.7. The van der Waals surface area contributed by atoms with Gasteiger partial charge in [0, 0.05) is 24.9 Å². The van der Waals surface area contributed by atoms with Crippen LogP contribution in [0.25, 0.3) is 0 Å². The molecule has 8 heteroatoms. The van der Waals surface area contributed by atoms with Gasteiger partial charge in [-0.25, -0.2) is 9.59 Å². The molecule has 2 rings (SSSR count). The van der Waals surface area contributed by atoms with Gasteiger partial charge in [0.05, 0.1) is 0 Å². The fraction of sp³-hybridized carbons (Fsp3) is 0.625. The average molecular weight is 448 g/mol. The van der Waals surface area contributed by atoms with Crippen LogP contribution in [0.2, 0.25) is 0 Å². The van der Waals surface area contributed by atoms with Gasteiger partial charge in [-0.1, -0.05) is 39.3 Å². The predicted molar refractivity (Wildman–Crippen MR) is 123 cm³/mol. The average Bonchev–Trinajstić information content (AvgIpc) is 2.93. The van der Waals surface area contributed by atoms with Crippen molar-refractivity contribution in [2.75, 3.05) is 26.7 Å². The van der Waals surface area contributed by atoms with Gasteiger partial charge in [-0.2, -0.15) is 0 Å². The lowest BCUT2D eigenvalue weighted by molar-refractivity contribution is -0.143. The summed E-state index contributed by atoms with van der Waals surface area (Å²) < 4.78 is 5.44. The summed E-state index contributed by atoms with van der Waals surface area (Å²) in [7, 11) is 2.15. The molecular weight excluding hydrogens is 410 g/mol. The smallest absolute Gasteiger partial charge is 0.412 e. The first-order chi connectivity index (χ1) is 15.2. The largest absolute Gasteiger partial charge is 0.480 e. The monoisotopic (exact) mass is 447 g/mol. The fourth-order valence-electron chi connectivity index (χ4n) is 4.32. The minimum absolute atomic E-state index is 0.0308. The standard InChI is InChI=1S/C24H37N3O5/c1-5-24(12-6-7-14-27(4)16-24)18-9-8-10-19(15-18)32-23(31)25-13-11-20(28)26-21(17(2)3)22(29)30/h8-10,15,17,21H,5-7,11-14,16H2,1-4H3,(H,25,31)(H,26,28)(H,29,30). The highest BCUT2D eigenvalue weighted by Gasteiger charge is 2.33. The van der Waals surface area contributed by atoms with Gasteiger partial charge in [0.1, 0.15) is 11.8 Å². The fourth-order valence-corrected chi connectivity index (χ4v) is 4.32. The Balaban J connectivity index is 1.91. The van der Waals surface area contributed by atoms with E-state index in [4.69, 9.17) is 9.84 Å². The first-order valence-electron chi connectivity index (χ1n) is 11.4. The molecule has 178 valence electrons. The molecule has 2 unspecified atom stereocenters. The summed E-state index contributed by atoms with van der Waals surface area (Å²) >= 11 is 0. The van der Waals surface area contributed by atoms with E-state index in [0.29, 0.717) is 5.75 Å².